The van der Waals surface area contributed by atoms with Gasteiger partial charge in [-0.3, -0.25) is 0 Å². The SMILES string of the molecule is CC(CC1CC1)NCCOC1CCCC1. The number of ether oxygens (including phenoxy) is 1. The van der Waals surface area contributed by atoms with Crippen LogP contribution in [0.2, 0.25) is 0 Å². The summed E-state index contributed by atoms with van der Waals surface area (Å²) in [5.74, 6) is 1.03. The molecular formula is C13H25NO. The minimum atomic E-state index is 0.575. The van der Waals surface area contributed by atoms with Crippen molar-refractivity contribution in [3.8, 4) is 0 Å². The Bertz CT molecular complexity index is 173. The topological polar surface area (TPSA) is 21.3 Å². The summed E-state index contributed by atoms with van der Waals surface area (Å²) in [5, 5.41) is 3.55. The standard InChI is InChI=1S/C13H25NO/c1-11(10-12-6-7-12)14-8-9-15-13-4-2-3-5-13/h11-14H,2-10H2,1H3. The van der Waals surface area contributed by atoms with Gasteiger partial charge in [0.2, 0.25) is 0 Å². The smallest absolute Gasteiger partial charge is 0.0594 e. The average molecular weight is 211 g/mol. The number of hydrogen-bond donors (Lipinski definition) is 1. The van der Waals surface area contributed by atoms with Crippen molar-refractivity contribution in [3.05, 3.63) is 0 Å². The molecule has 2 aliphatic carbocycles. The highest BCUT2D eigenvalue weighted by molar-refractivity contribution is 4.77. The fourth-order valence-corrected chi connectivity index (χ4v) is 2.52. The first kappa shape index (κ1) is 11.4. The molecule has 2 rings (SSSR count). The zero-order valence-corrected chi connectivity index (χ0v) is 10.0. The molecule has 0 radical (unpaired) electrons. The first-order chi connectivity index (χ1) is 7.34. The number of rotatable bonds is 7. The van der Waals surface area contributed by atoms with E-state index in [1.807, 2.05) is 0 Å². The van der Waals surface area contributed by atoms with Crippen LogP contribution in [0, 0.1) is 5.92 Å². The predicted octanol–water partition coefficient (Wildman–Crippen LogP) is 2.72. The zero-order valence-electron chi connectivity index (χ0n) is 10.0. The third-order valence-corrected chi connectivity index (χ3v) is 3.63. The molecular weight excluding hydrogens is 186 g/mol. The van der Waals surface area contributed by atoms with Crippen molar-refractivity contribution in [2.24, 2.45) is 5.92 Å². The molecule has 0 aromatic heterocycles. The van der Waals surface area contributed by atoms with Gasteiger partial charge in [0.25, 0.3) is 0 Å². The van der Waals surface area contributed by atoms with Gasteiger partial charge in [0.15, 0.2) is 0 Å². The third kappa shape index (κ3) is 4.52. The molecule has 0 aromatic carbocycles. The summed E-state index contributed by atoms with van der Waals surface area (Å²) < 4.78 is 5.81. The molecule has 2 fully saturated rings. The van der Waals surface area contributed by atoms with Crippen LogP contribution in [0.1, 0.15) is 51.9 Å². The third-order valence-electron chi connectivity index (χ3n) is 3.63. The maximum Gasteiger partial charge on any atom is 0.0594 e. The molecule has 0 aliphatic heterocycles. The van der Waals surface area contributed by atoms with E-state index in [4.69, 9.17) is 4.74 Å². The number of nitrogens with one attached hydrogen (secondary N) is 1. The first-order valence-corrected chi connectivity index (χ1v) is 6.69. The quantitative estimate of drug-likeness (QED) is 0.654. The van der Waals surface area contributed by atoms with Gasteiger partial charge in [-0.05, 0) is 32.1 Å². The second-order valence-corrected chi connectivity index (χ2v) is 5.31. The van der Waals surface area contributed by atoms with Gasteiger partial charge >= 0.3 is 0 Å². The lowest BCUT2D eigenvalue weighted by molar-refractivity contribution is 0.0591. The fraction of sp³-hybridized carbons (Fsp3) is 1.00. The summed E-state index contributed by atoms with van der Waals surface area (Å²) in [6, 6.07) is 0.685. The predicted molar refractivity (Wildman–Crippen MR) is 63.0 cm³/mol. The molecule has 0 amide bonds. The van der Waals surface area contributed by atoms with Crippen molar-refractivity contribution in [3.63, 3.8) is 0 Å². The Labute approximate surface area is 93.8 Å². The second-order valence-electron chi connectivity index (χ2n) is 5.31. The lowest BCUT2D eigenvalue weighted by Crippen LogP contribution is -2.30. The normalized spacial score (nSPS) is 24.6. The Morgan fingerprint density at radius 2 is 1.93 bits per heavy atom. The van der Waals surface area contributed by atoms with Gasteiger partial charge in [-0.1, -0.05) is 25.7 Å². The molecule has 1 N–H and O–H groups in total. The van der Waals surface area contributed by atoms with Crippen LogP contribution < -0.4 is 5.32 Å². The van der Waals surface area contributed by atoms with Crippen LogP contribution in [0.4, 0.5) is 0 Å². The van der Waals surface area contributed by atoms with Gasteiger partial charge in [-0.15, -0.1) is 0 Å². The molecule has 2 heteroatoms. The van der Waals surface area contributed by atoms with Crippen molar-refractivity contribution in [1.29, 1.82) is 0 Å². The maximum atomic E-state index is 5.81. The van der Waals surface area contributed by atoms with Crippen LogP contribution in [-0.4, -0.2) is 25.3 Å². The van der Waals surface area contributed by atoms with Crippen LogP contribution in [-0.2, 0) is 4.74 Å². The summed E-state index contributed by atoms with van der Waals surface area (Å²) in [5.41, 5.74) is 0. The van der Waals surface area contributed by atoms with Crippen LogP contribution >= 0.6 is 0 Å². The summed E-state index contributed by atoms with van der Waals surface area (Å²) in [6.45, 7) is 4.23. The monoisotopic (exact) mass is 211 g/mol. The molecule has 88 valence electrons. The molecule has 15 heavy (non-hydrogen) atoms. The van der Waals surface area contributed by atoms with Crippen LogP contribution in [0.3, 0.4) is 0 Å². The van der Waals surface area contributed by atoms with Crippen LogP contribution in [0.15, 0.2) is 0 Å². The lowest BCUT2D eigenvalue weighted by Gasteiger charge is -2.15. The van der Waals surface area contributed by atoms with Gasteiger partial charge in [0.05, 0.1) is 12.7 Å². The molecule has 2 aliphatic rings. The van der Waals surface area contributed by atoms with Gasteiger partial charge in [-0.2, -0.15) is 0 Å². The molecule has 0 spiro atoms. The molecule has 0 bridgehead atoms. The van der Waals surface area contributed by atoms with Gasteiger partial charge in [0, 0.05) is 12.6 Å². The zero-order chi connectivity index (χ0) is 10.5. The fourth-order valence-electron chi connectivity index (χ4n) is 2.52. The maximum absolute atomic E-state index is 5.81. The molecule has 2 nitrogen and oxygen atoms in total. The molecule has 1 atom stereocenters. The minimum absolute atomic E-state index is 0.575. The Kier molecular flexibility index (Phi) is 4.45. The summed E-state index contributed by atoms with van der Waals surface area (Å²) >= 11 is 0. The lowest BCUT2D eigenvalue weighted by atomic mass is 10.1. The summed E-state index contributed by atoms with van der Waals surface area (Å²) in [6.07, 6.45) is 10.2. The van der Waals surface area contributed by atoms with E-state index in [2.05, 4.69) is 12.2 Å². The minimum Gasteiger partial charge on any atom is -0.377 e. The van der Waals surface area contributed by atoms with Crippen molar-refractivity contribution < 1.29 is 4.74 Å². The van der Waals surface area contributed by atoms with E-state index in [0.717, 1.165) is 19.1 Å². The summed E-state index contributed by atoms with van der Waals surface area (Å²) in [4.78, 5) is 0. The van der Waals surface area contributed by atoms with E-state index in [1.165, 1.54) is 44.9 Å². The first-order valence-electron chi connectivity index (χ1n) is 6.69. The van der Waals surface area contributed by atoms with E-state index in [0.29, 0.717) is 12.1 Å². The van der Waals surface area contributed by atoms with Crippen molar-refractivity contribution >= 4 is 0 Å². The van der Waals surface area contributed by atoms with Crippen LogP contribution in [0.5, 0.6) is 0 Å². The highest BCUT2D eigenvalue weighted by Gasteiger charge is 2.23. The van der Waals surface area contributed by atoms with E-state index in [-0.39, 0.29) is 0 Å². The van der Waals surface area contributed by atoms with Gasteiger partial charge in [0.1, 0.15) is 0 Å². The Hall–Kier alpha value is -0.0800. The van der Waals surface area contributed by atoms with Gasteiger partial charge < -0.3 is 10.1 Å². The van der Waals surface area contributed by atoms with Crippen molar-refractivity contribution in [1.82, 2.24) is 5.32 Å². The van der Waals surface area contributed by atoms with E-state index in [9.17, 15) is 0 Å². The molecule has 0 heterocycles. The van der Waals surface area contributed by atoms with E-state index in [1.54, 1.807) is 0 Å². The van der Waals surface area contributed by atoms with Crippen LogP contribution in [0.25, 0.3) is 0 Å². The summed E-state index contributed by atoms with van der Waals surface area (Å²) in [7, 11) is 0. The average Bonchev–Trinajstić information content (AvgIpc) is 2.87. The van der Waals surface area contributed by atoms with E-state index >= 15 is 0 Å². The Balaban J connectivity index is 1.43. The van der Waals surface area contributed by atoms with E-state index < -0.39 is 0 Å². The molecule has 1 unspecified atom stereocenters. The van der Waals surface area contributed by atoms with Gasteiger partial charge in [-0.25, -0.2) is 0 Å². The molecule has 0 aromatic rings. The molecule has 2 saturated carbocycles. The Morgan fingerprint density at radius 3 is 2.60 bits per heavy atom. The second kappa shape index (κ2) is 5.86. The highest BCUT2D eigenvalue weighted by atomic mass is 16.5. The number of hydrogen-bond acceptors (Lipinski definition) is 2. The molecule has 0 saturated heterocycles. The Morgan fingerprint density at radius 1 is 1.20 bits per heavy atom. The highest BCUT2D eigenvalue weighted by Crippen LogP contribution is 2.33. The van der Waals surface area contributed by atoms with Crippen molar-refractivity contribution in [2.45, 2.75) is 64.0 Å². The van der Waals surface area contributed by atoms with Crippen molar-refractivity contribution in [2.75, 3.05) is 13.2 Å². The largest absolute Gasteiger partial charge is 0.377 e.